The van der Waals surface area contributed by atoms with E-state index in [2.05, 4.69) is 19.9 Å². The van der Waals surface area contributed by atoms with Gasteiger partial charge in [0.2, 0.25) is 11.7 Å². The first-order chi connectivity index (χ1) is 12.1. The van der Waals surface area contributed by atoms with Gasteiger partial charge in [0.05, 0.1) is 18.1 Å². The number of piperazine rings is 1. The van der Waals surface area contributed by atoms with Gasteiger partial charge in [-0.3, -0.25) is 9.80 Å². The van der Waals surface area contributed by atoms with Gasteiger partial charge >= 0.3 is 0 Å². The first-order valence-corrected chi connectivity index (χ1v) is 10.5. The zero-order valence-electron chi connectivity index (χ0n) is 14.0. The molecule has 134 valence electrons. The molecule has 2 aliphatic rings. The fraction of sp³-hybridized carbons (Fsp3) is 0.529. The van der Waals surface area contributed by atoms with Gasteiger partial charge < -0.3 is 4.52 Å². The lowest BCUT2D eigenvalue weighted by Crippen LogP contribution is -2.50. The molecule has 0 aliphatic carbocycles. The smallest absolute Gasteiger partial charge is 0.241 e. The molecule has 2 aliphatic heterocycles. The van der Waals surface area contributed by atoms with E-state index in [-0.39, 0.29) is 6.04 Å². The first-order valence-electron chi connectivity index (χ1n) is 8.64. The van der Waals surface area contributed by atoms with Gasteiger partial charge in [0.1, 0.15) is 0 Å². The average molecular weight is 362 g/mol. The normalized spacial score (nSPS) is 24.6. The predicted octanol–water partition coefficient (Wildman–Crippen LogP) is 1.04. The lowest BCUT2D eigenvalue weighted by atomic mass is 10.2. The summed E-state index contributed by atoms with van der Waals surface area (Å²) in [7, 11) is -2.82. The first kappa shape index (κ1) is 16.7. The molecular formula is C17H22N4O3S. The molecule has 0 unspecified atom stereocenters. The van der Waals surface area contributed by atoms with Gasteiger partial charge in [-0.2, -0.15) is 4.98 Å². The predicted molar refractivity (Wildman–Crippen MR) is 93.6 cm³/mol. The summed E-state index contributed by atoms with van der Waals surface area (Å²) >= 11 is 0. The van der Waals surface area contributed by atoms with Gasteiger partial charge in [-0.15, -0.1) is 0 Å². The molecule has 0 saturated carbocycles. The van der Waals surface area contributed by atoms with Crippen LogP contribution in [0.2, 0.25) is 0 Å². The zero-order chi connectivity index (χ0) is 17.3. The SMILES string of the molecule is O=S1(=O)CC[C@@H](N2CCN(Cc3nc(-c4ccccc4)no3)CC2)C1. The highest BCUT2D eigenvalue weighted by Crippen LogP contribution is 2.20. The van der Waals surface area contributed by atoms with Gasteiger partial charge in [0, 0.05) is 37.8 Å². The van der Waals surface area contributed by atoms with Gasteiger partial charge in [-0.05, 0) is 6.42 Å². The number of benzene rings is 1. The molecule has 1 atom stereocenters. The fourth-order valence-corrected chi connectivity index (χ4v) is 5.33. The van der Waals surface area contributed by atoms with Crippen LogP contribution in [0.15, 0.2) is 34.9 Å². The summed E-state index contributed by atoms with van der Waals surface area (Å²) in [5.74, 6) is 1.89. The summed E-state index contributed by atoms with van der Waals surface area (Å²) in [5, 5.41) is 4.06. The van der Waals surface area contributed by atoms with Gasteiger partial charge in [-0.25, -0.2) is 8.42 Å². The zero-order valence-corrected chi connectivity index (χ0v) is 14.9. The Balaban J connectivity index is 1.31. The summed E-state index contributed by atoms with van der Waals surface area (Å²) in [4.78, 5) is 9.07. The van der Waals surface area contributed by atoms with Crippen LogP contribution in [0.25, 0.3) is 11.4 Å². The Hall–Kier alpha value is -1.77. The molecular weight excluding hydrogens is 340 g/mol. The highest BCUT2D eigenvalue weighted by molar-refractivity contribution is 7.91. The largest absolute Gasteiger partial charge is 0.338 e. The van der Waals surface area contributed by atoms with Crippen molar-refractivity contribution < 1.29 is 12.9 Å². The highest BCUT2D eigenvalue weighted by Gasteiger charge is 2.33. The Kier molecular flexibility index (Phi) is 4.58. The molecule has 8 heteroatoms. The minimum Gasteiger partial charge on any atom is -0.338 e. The van der Waals surface area contributed by atoms with Gasteiger partial charge in [0.25, 0.3) is 0 Å². The van der Waals surface area contributed by atoms with E-state index in [1.165, 1.54) is 0 Å². The van der Waals surface area contributed by atoms with Crippen molar-refractivity contribution in [3.8, 4) is 11.4 Å². The van der Waals surface area contributed by atoms with E-state index in [1.807, 2.05) is 30.3 Å². The van der Waals surface area contributed by atoms with Crippen molar-refractivity contribution in [2.75, 3.05) is 37.7 Å². The van der Waals surface area contributed by atoms with Crippen molar-refractivity contribution in [1.29, 1.82) is 0 Å². The fourth-order valence-electron chi connectivity index (χ4n) is 3.56. The van der Waals surface area contributed by atoms with Crippen LogP contribution < -0.4 is 0 Å². The van der Waals surface area contributed by atoms with Crippen molar-refractivity contribution >= 4 is 9.84 Å². The summed E-state index contributed by atoms with van der Waals surface area (Å²) in [6.07, 6.45) is 0.770. The van der Waals surface area contributed by atoms with E-state index in [9.17, 15) is 8.42 Å². The van der Waals surface area contributed by atoms with Crippen LogP contribution in [0.4, 0.5) is 0 Å². The Labute approximate surface area is 147 Å². The van der Waals surface area contributed by atoms with E-state index >= 15 is 0 Å². The van der Waals surface area contributed by atoms with E-state index in [1.54, 1.807) is 0 Å². The van der Waals surface area contributed by atoms with Crippen LogP contribution in [0, 0.1) is 0 Å². The molecule has 2 saturated heterocycles. The van der Waals surface area contributed by atoms with Crippen molar-refractivity contribution in [3.63, 3.8) is 0 Å². The Morgan fingerprint density at radius 3 is 2.56 bits per heavy atom. The van der Waals surface area contributed by atoms with Crippen molar-refractivity contribution in [2.24, 2.45) is 0 Å². The van der Waals surface area contributed by atoms with Crippen LogP contribution >= 0.6 is 0 Å². The average Bonchev–Trinajstić information content (AvgIpc) is 3.23. The van der Waals surface area contributed by atoms with Crippen LogP contribution in [-0.4, -0.2) is 72.1 Å². The monoisotopic (exact) mass is 362 g/mol. The van der Waals surface area contributed by atoms with Crippen LogP contribution in [0.3, 0.4) is 0 Å². The maximum atomic E-state index is 11.6. The van der Waals surface area contributed by atoms with E-state index in [0.717, 1.165) is 38.2 Å². The molecule has 2 aromatic rings. The topological polar surface area (TPSA) is 79.5 Å². The van der Waals surface area contributed by atoms with Crippen molar-refractivity contribution in [1.82, 2.24) is 19.9 Å². The molecule has 2 fully saturated rings. The standard InChI is InChI=1S/C17H22N4O3S/c22-25(23)11-6-15(13-25)21-9-7-20(8-10-21)12-16-18-17(19-24-16)14-4-2-1-3-5-14/h1-5,15H,6-13H2/t15-/m1/s1. The summed E-state index contributed by atoms with van der Waals surface area (Å²) in [5.41, 5.74) is 0.949. The Morgan fingerprint density at radius 2 is 1.88 bits per heavy atom. The quantitative estimate of drug-likeness (QED) is 0.804. The van der Waals surface area contributed by atoms with Gasteiger partial charge in [0.15, 0.2) is 9.84 Å². The molecule has 0 N–H and O–H groups in total. The second-order valence-corrected chi connectivity index (χ2v) is 8.98. The third kappa shape index (κ3) is 3.91. The molecule has 0 amide bonds. The Morgan fingerprint density at radius 1 is 1.12 bits per heavy atom. The molecule has 1 aromatic carbocycles. The summed E-state index contributed by atoms with van der Waals surface area (Å²) in [6, 6.07) is 9.98. The van der Waals surface area contributed by atoms with E-state index in [4.69, 9.17) is 4.52 Å². The number of sulfone groups is 1. The molecule has 0 spiro atoms. The van der Waals surface area contributed by atoms with Gasteiger partial charge in [-0.1, -0.05) is 35.5 Å². The second-order valence-electron chi connectivity index (χ2n) is 6.75. The maximum absolute atomic E-state index is 11.6. The number of rotatable bonds is 4. The third-order valence-electron chi connectivity index (χ3n) is 4.99. The van der Waals surface area contributed by atoms with Crippen LogP contribution in [0.5, 0.6) is 0 Å². The molecule has 1 aromatic heterocycles. The molecule has 4 rings (SSSR count). The molecule has 25 heavy (non-hydrogen) atoms. The number of hydrogen-bond acceptors (Lipinski definition) is 7. The van der Waals surface area contributed by atoms with E-state index < -0.39 is 9.84 Å². The second kappa shape index (κ2) is 6.86. The van der Waals surface area contributed by atoms with E-state index in [0.29, 0.717) is 29.8 Å². The van der Waals surface area contributed by atoms with Crippen LogP contribution in [-0.2, 0) is 16.4 Å². The summed E-state index contributed by atoms with van der Waals surface area (Å²) < 4.78 is 28.7. The summed E-state index contributed by atoms with van der Waals surface area (Å²) in [6.45, 7) is 4.19. The minimum absolute atomic E-state index is 0.195. The highest BCUT2D eigenvalue weighted by atomic mass is 32.2. The Bertz CT molecular complexity index is 813. The number of aromatic nitrogens is 2. The molecule has 7 nitrogen and oxygen atoms in total. The maximum Gasteiger partial charge on any atom is 0.241 e. The lowest BCUT2D eigenvalue weighted by Gasteiger charge is -2.37. The minimum atomic E-state index is -2.82. The van der Waals surface area contributed by atoms with Crippen LogP contribution in [0.1, 0.15) is 12.3 Å². The third-order valence-corrected chi connectivity index (χ3v) is 6.74. The number of hydrogen-bond donors (Lipinski definition) is 0. The number of nitrogens with zero attached hydrogens (tertiary/aromatic N) is 4. The molecule has 0 bridgehead atoms. The molecule has 3 heterocycles. The molecule has 0 radical (unpaired) electrons. The lowest BCUT2D eigenvalue weighted by molar-refractivity contribution is 0.0926. The van der Waals surface area contributed by atoms with Crippen molar-refractivity contribution in [3.05, 3.63) is 36.2 Å². The van der Waals surface area contributed by atoms with Crippen molar-refractivity contribution in [2.45, 2.75) is 19.0 Å².